The van der Waals surface area contributed by atoms with Gasteiger partial charge in [-0.3, -0.25) is 5.01 Å². The first kappa shape index (κ1) is 18.4. The molecule has 4 nitrogen and oxygen atoms in total. The molecule has 4 aromatic rings. The van der Waals surface area contributed by atoms with E-state index in [4.69, 9.17) is 0 Å². The van der Waals surface area contributed by atoms with Crippen molar-refractivity contribution in [3.05, 3.63) is 121 Å². The Morgan fingerprint density at radius 3 is 1.79 bits per heavy atom. The molecule has 0 heterocycles. The maximum absolute atomic E-state index is 4.25. The SMILES string of the molecule is c1ccc(CN(NN=Nc2ccccc2)c2ccc(-c3ccccc3)cc2)cc1. The van der Waals surface area contributed by atoms with Crippen molar-refractivity contribution in [3.8, 4) is 11.1 Å². The van der Waals surface area contributed by atoms with E-state index in [9.17, 15) is 0 Å². The Morgan fingerprint density at radius 2 is 1.14 bits per heavy atom. The molecule has 29 heavy (non-hydrogen) atoms. The van der Waals surface area contributed by atoms with E-state index < -0.39 is 0 Å². The maximum Gasteiger partial charge on any atom is 0.0874 e. The van der Waals surface area contributed by atoms with Crippen molar-refractivity contribution in [1.82, 2.24) is 5.53 Å². The van der Waals surface area contributed by atoms with E-state index >= 15 is 0 Å². The van der Waals surface area contributed by atoms with Crippen LogP contribution in [0.15, 0.2) is 126 Å². The topological polar surface area (TPSA) is 40.0 Å². The van der Waals surface area contributed by atoms with Crippen molar-refractivity contribution in [2.24, 2.45) is 10.3 Å². The van der Waals surface area contributed by atoms with Crippen LogP contribution in [0.3, 0.4) is 0 Å². The average Bonchev–Trinajstić information content (AvgIpc) is 2.81. The molecule has 142 valence electrons. The van der Waals surface area contributed by atoms with E-state index in [1.807, 2.05) is 59.6 Å². The van der Waals surface area contributed by atoms with Crippen LogP contribution in [0.2, 0.25) is 0 Å². The van der Waals surface area contributed by atoms with Crippen molar-refractivity contribution < 1.29 is 0 Å². The highest BCUT2D eigenvalue weighted by Crippen LogP contribution is 2.23. The molecule has 4 rings (SSSR count). The molecule has 0 aliphatic heterocycles. The first-order chi connectivity index (χ1) is 14.4. The van der Waals surface area contributed by atoms with E-state index in [1.165, 1.54) is 16.7 Å². The summed E-state index contributed by atoms with van der Waals surface area (Å²) in [7, 11) is 0. The van der Waals surface area contributed by atoms with Crippen LogP contribution in [-0.4, -0.2) is 0 Å². The van der Waals surface area contributed by atoms with Gasteiger partial charge in [0.15, 0.2) is 0 Å². The van der Waals surface area contributed by atoms with Crippen LogP contribution in [0.4, 0.5) is 11.4 Å². The summed E-state index contributed by atoms with van der Waals surface area (Å²) < 4.78 is 0. The molecule has 1 N–H and O–H groups in total. The molecule has 0 radical (unpaired) electrons. The second kappa shape index (κ2) is 9.33. The van der Waals surface area contributed by atoms with Gasteiger partial charge in [0.2, 0.25) is 0 Å². The third kappa shape index (κ3) is 5.08. The summed E-state index contributed by atoms with van der Waals surface area (Å²) in [5.41, 5.74) is 8.47. The lowest BCUT2D eigenvalue weighted by Gasteiger charge is -2.23. The number of nitrogens with zero attached hydrogens (tertiary/aromatic N) is 3. The Balaban J connectivity index is 1.55. The molecule has 0 saturated carbocycles. The Bertz CT molecular complexity index is 1030. The van der Waals surface area contributed by atoms with Crippen LogP contribution in [0.1, 0.15) is 5.56 Å². The van der Waals surface area contributed by atoms with E-state index in [0.29, 0.717) is 6.54 Å². The Kier molecular flexibility index (Phi) is 5.93. The molecule has 0 saturated heterocycles. The minimum Gasteiger partial charge on any atom is -0.266 e. The summed E-state index contributed by atoms with van der Waals surface area (Å²) in [5.74, 6) is 0. The summed E-state index contributed by atoms with van der Waals surface area (Å²) in [6.45, 7) is 0.666. The minimum atomic E-state index is 0.666. The molecule has 0 spiro atoms. The van der Waals surface area contributed by atoms with Gasteiger partial charge in [-0.15, -0.1) is 5.11 Å². The monoisotopic (exact) mass is 378 g/mol. The van der Waals surface area contributed by atoms with E-state index in [0.717, 1.165) is 11.4 Å². The zero-order chi connectivity index (χ0) is 19.7. The number of hydrazine groups is 1. The first-order valence-corrected chi connectivity index (χ1v) is 9.57. The zero-order valence-electron chi connectivity index (χ0n) is 16.0. The van der Waals surface area contributed by atoms with Gasteiger partial charge in [-0.25, -0.2) is 0 Å². The van der Waals surface area contributed by atoms with Gasteiger partial charge < -0.3 is 0 Å². The number of rotatable bonds is 7. The third-order valence-corrected chi connectivity index (χ3v) is 4.56. The lowest BCUT2D eigenvalue weighted by molar-refractivity contribution is 0.624. The molecular weight excluding hydrogens is 356 g/mol. The number of anilines is 1. The minimum absolute atomic E-state index is 0.666. The summed E-state index contributed by atoms with van der Waals surface area (Å²) in [6, 6.07) is 38.8. The van der Waals surface area contributed by atoms with E-state index in [2.05, 4.69) is 76.5 Å². The molecule has 0 fully saturated rings. The predicted molar refractivity (Wildman–Crippen MR) is 119 cm³/mol. The van der Waals surface area contributed by atoms with E-state index in [-0.39, 0.29) is 0 Å². The highest BCUT2D eigenvalue weighted by Gasteiger charge is 2.07. The second-order valence-corrected chi connectivity index (χ2v) is 6.62. The molecule has 0 bridgehead atoms. The summed E-state index contributed by atoms with van der Waals surface area (Å²) in [5, 5.41) is 10.4. The van der Waals surface area contributed by atoms with Gasteiger partial charge in [-0.1, -0.05) is 96.2 Å². The molecule has 0 atom stereocenters. The van der Waals surface area contributed by atoms with Crippen LogP contribution in [0.5, 0.6) is 0 Å². The summed E-state index contributed by atoms with van der Waals surface area (Å²) in [6.07, 6.45) is 0. The number of hydrogen-bond acceptors (Lipinski definition) is 3. The van der Waals surface area contributed by atoms with Crippen molar-refractivity contribution in [2.45, 2.75) is 6.54 Å². The van der Waals surface area contributed by atoms with Gasteiger partial charge in [0, 0.05) is 0 Å². The Morgan fingerprint density at radius 1 is 0.586 bits per heavy atom. The summed E-state index contributed by atoms with van der Waals surface area (Å²) >= 11 is 0. The van der Waals surface area contributed by atoms with E-state index in [1.54, 1.807) is 0 Å². The maximum atomic E-state index is 4.25. The summed E-state index contributed by atoms with van der Waals surface area (Å²) in [4.78, 5) is 0. The van der Waals surface area contributed by atoms with Crippen molar-refractivity contribution >= 4 is 11.4 Å². The van der Waals surface area contributed by atoms with Crippen molar-refractivity contribution in [1.29, 1.82) is 0 Å². The van der Waals surface area contributed by atoms with Crippen LogP contribution < -0.4 is 10.5 Å². The predicted octanol–water partition coefficient (Wildman–Crippen LogP) is 6.56. The lowest BCUT2D eigenvalue weighted by atomic mass is 10.1. The van der Waals surface area contributed by atoms with Crippen LogP contribution in [0, 0.1) is 0 Å². The quantitative estimate of drug-likeness (QED) is 0.292. The van der Waals surface area contributed by atoms with Gasteiger partial charge in [0.25, 0.3) is 0 Å². The largest absolute Gasteiger partial charge is 0.266 e. The third-order valence-electron chi connectivity index (χ3n) is 4.56. The highest BCUT2D eigenvalue weighted by atomic mass is 15.7. The molecule has 0 unspecified atom stereocenters. The Labute approximate surface area is 171 Å². The molecule has 4 aromatic carbocycles. The number of nitrogens with one attached hydrogen (secondary N) is 1. The van der Waals surface area contributed by atoms with Crippen LogP contribution in [0.25, 0.3) is 11.1 Å². The van der Waals surface area contributed by atoms with Gasteiger partial charge in [0.1, 0.15) is 0 Å². The normalized spacial score (nSPS) is 10.8. The molecule has 4 heteroatoms. The van der Waals surface area contributed by atoms with Crippen molar-refractivity contribution in [3.63, 3.8) is 0 Å². The molecule has 0 aliphatic rings. The fourth-order valence-corrected chi connectivity index (χ4v) is 3.04. The standard InChI is InChI=1S/C25H22N4/c1-4-10-21(11-5-1)20-29(28-27-26-24-14-8-3-9-15-24)25-18-16-23(17-19-25)22-12-6-2-7-13-22/h1-19H,20H2,(H,26,28). The molecule has 0 aromatic heterocycles. The fraction of sp³-hybridized carbons (Fsp3) is 0.0400. The first-order valence-electron chi connectivity index (χ1n) is 9.57. The second-order valence-electron chi connectivity index (χ2n) is 6.62. The highest BCUT2D eigenvalue weighted by molar-refractivity contribution is 5.66. The molecular formula is C25H22N4. The zero-order valence-corrected chi connectivity index (χ0v) is 16.0. The number of hydrogen-bond donors (Lipinski definition) is 1. The molecule has 0 amide bonds. The van der Waals surface area contributed by atoms with Crippen LogP contribution in [-0.2, 0) is 6.54 Å². The average molecular weight is 378 g/mol. The van der Waals surface area contributed by atoms with Gasteiger partial charge in [-0.05, 0) is 41.0 Å². The van der Waals surface area contributed by atoms with Gasteiger partial charge >= 0.3 is 0 Å². The van der Waals surface area contributed by atoms with Crippen molar-refractivity contribution in [2.75, 3.05) is 5.01 Å². The number of benzene rings is 4. The smallest absolute Gasteiger partial charge is 0.0874 e. The fourth-order valence-electron chi connectivity index (χ4n) is 3.04. The lowest BCUT2D eigenvalue weighted by Crippen LogP contribution is -2.33. The van der Waals surface area contributed by atoms with Gasteiger partial charge in [0.05, 0.1) is 17.9 Å². The molecule has 0 aliphatic carbocycles. The van der Waals surface area contributed by atoms with Gasteiger partial charge in [-0.2, -0.15) is 5.53 Å². The Hall–Kier alpha value is -3.92. The van der Waals surface area contributed by atoms with Crippen LogP contribution >= 0.6 is 0 Å².